The van der Waals surface area contributed by atoms with E-state index in [9.17, 15) is 28.1 Å². The van der Waals surface area contributed by atoms with Gasteiger partial charge in [-0.3, -0.25) is 24.4 Å². The maximum atomic E-state index is 12.3. The number of hydrogen-bond donors (Lipinski definition) is 1. The molecule has 9 nitrogen and oxygen atoms in total. The zero-order valence-corrected chi connectivity index (χ0v) is 14.7. The Balaban J connectivity index is 2.45. The summed E-state index contributed by atoms with van der Waals surface area (Å²) in [5, 5.41) is 10.2. The average Bonchev–Trinajstić information content (AvgIpc) is 2.60. The van der Waals surface area contributed by atoms with Gasteiger partial charge < -0.3 is 0 Å². The molecule has 1 aromatic carbocycles. The lowest BCUT2D eigenvalue weighted by Gasteiger charge is -2.11. The van der Waals surface area contributed by atoms with Crippen molar-refractivity contribution in [1.82, 2.24) is 4.98 Å². The number of carbonyl (C=O) groups excluding carboxylic acids is 2. The van der Waals surface area contributed by atoms with E-state index < -0.39 is 49.0 Å². The van der Waals surface area contributed by atoms with E-state index in [1.807, 2.05) is 4.72 Å². The minimum atomic E-state index is -3.94. The Bertz CT molecular complexity index is 971. The summed E-state index contributed by atoms with van der Waals surface area (Å²) in [7, 11) is -3.94. The van der Waals surface area contributed by atoms with Gasteiger partial charge in [-0.25, -0.2) is 13.4 Å². The van der Waals surface area contributed by atoms with E-state index in [1.54, 1.807) is 18.2 Å². The van der Waals surface area contributed by atoms with Crippen molar-refractivity contribution in [2.45, 2.75) is 19.1 Å². The van der Waals surface area contributed by atoms with Crippen LogP contribution in [0.3, 0.4) is 0 Å². The molecule has 0 saturated carbocycles. The fourth-order valence-corrected chi connectivity index (χ4v) is 2.55. The highest BCUT2D eigenvalue weighted by atomic mass is 32.2. The molecule has 0 aliphatic rings. The molecular weight excluding hydrogens is 362 g/mol. The van der Waals surface area contributed by atoms with Crippen LogP contribution in [0.4, 0.5) is 11.5 Å². The Labute approximate surface area is 149 Å². The number of benzene rings is 1. The molecule has 1 heterocycles. The van der Waals surface area contributed by atoms with E-state index in [0.717, 1.165) is 12.1 Å². The van der Waals surface area contributed by atoms with Crippen LogP contribution in [0, 0.1) is 10.1 Å². The molecule has 1 N–H and O–H groups in total. The van der Waals surface area contributed by atoms with Gasteiger partial charge in [-0.2, -0.15) is 0 Å². The smallest absolute Gasteiger partial charge is 0.285 e. The lowest BCUT2D eigenvalue weighted by atomic mass is 10.1. The van der Waals surface area contributed by atoms with Gasteiger partial charge in [0, 0.05) is 11.6 Å². The second kappa shape index (κ2) is 7.40. The van der Waals surface area contributed by atoms with Crippen LogP contribution in [0.15, 0.2) is 42.5 Å². The quantitative estimate of drug-likeness (QED) is 0.338. The number of pyridine rings is 1. The van der Waals surface area contributed by atoms with Crippen molar-refractivity contribution in [3.8, 4) is 0 Å². The van der Waals surface area contributed by atoms with Crippen LogP contribution in [0.5, 0.6) is 0 Å². The van der Waals surface area contributed by atoms with E-state index in [2.05, 4.69) is 4.98 Å². The van der Waals surface area contributed by atoms with Crippen molar-refractivity contribution in [2.75, 3.05) is 4.72 Å². The first kappa shape index (κ1) is 19.2. The van der Waals surface area contributed by atoms with Crippen LogP contribution >= 0.6 is 0 Å². The Kier molecular flexibility index (Phi) is 5.46. The molecule has 0 amide bonds. The Hall–Kier alpha value is -3.14. The second-order valence-corrected chi connectivity index (χ2v) is 7.78. The summed E-state index contributed by atoms with van der Waals surface area (Å²) in [6, 6.07) is 9.63. The number of rotatable bonds is 7. The number of nitrogens with one attached hydrogen (secondary N) is 1. The molecule has 0 atom stereocenters. The minimum absolute atomic E-state index is 0.127. The van der Waals surface area contributed by atoms with E-state index in [0.29, 0.717) is 0 Å². The summed E-state index contributed by atoms with van der Waals surface area (Å²) in [6.07, 6.45) is 0. The molecule has 2 aromatic rings. The summed E-state index contributed by atoms with van der Waals surface area (Å²) in [5.74, 6) is -2.48. The standard InChI is InChI=1S/C16H15N3O6S/c1-10(2)26(24,25)18-16-13(19(22)23)9-8-12(17-16)15(21)14(20)11-6-4-3-5-7-11/h3-10H,1-2H3,(H,17,18). The Morgan fingerprint density at radius 2 is 1.69 bits per heavy atom. The van der Waals surface area contributed by atoms with Gasteiger partial charge >= 0.3 is 5.69 Å². The minimum Gasteiger partial charge on any atom is -0.285 e. The maximum absolute atomic E-state index is 12.3. The number of nitro groups is 1. The first-order valence-corrected chi connectivity index (χ1v) is 8.99. The second-order valence-electron chi connectivity index (χ2n) is 5.54. The van der Waals surface area contributed by atoms with Crippen LogP contribution < -0.4 is 4.72 Å². The highest BCUT2D eigenvalue weighted by Gasteiger charge is 2.27. The largest absolute Gasteiger partial charge is 0.312 e. The molecule has 0 bridgehead atoms. The van der Waals surface area contributed by atoms with Crippen molar-refractivity contribution in [3.63, 3.8) is 0 Å². The van der Waals surface area contributed by atoms with Crippen molar-refractivity contribution >= 4 is 33.1 Å². The van der Waals surface area contributed by atoms with Gasteiger partial charge in [-0.1, -0.05) is 30.3 Å². The summed E-state index contributed by atoms with van der Waals surface area (Å²) < 4.78 is 26.0. The van der Waals surface area contributed by atoms with Gasteiger partial charge in [0.25, 0.3) is 5.78 Å². The first-order valence-electron chi connectivity index (χ1n) is 7.44. The SMILES string of the molecule is CC(C)S(=O)(=O)Nc1nc(C(=O)C(=O)c2ccccc2)ccc1[N+](=O)[O-]. The van der Waals surface area contributed by atoms with Gasteiger partial charge in [0.2, 0.25) is 21.6 Å². The van der Waals surface area contributed by atoms with Crippen LogP contribution in [0.2, 0.25) is 0 Å². The van der Waals surface area contributed by atoms with Crippen molar-refractivity contribution in [1.29, 1.82) is 0 Å². The summed E-state index contributed by atoms with van der Waals surface area (Å²) in [4.78, 5) is 38.5. The Morgan fingerprint density at radius 3 is 2.23 bits per heavy atom. The van der Waals surface area contributed by atoms with Crippen LogP contribution in [-0.2, 0) is 10.0 Å². The fourth-order valence-electron chi connectivity index (χ4n) is 1.89. The zero-order chi connectivity index (χ0) is 19.5. The average molecular weight is 377 g/mol. The highest BCUT2D eigenvalue weighted by molar-refractivity contribution is 7.93. The number of nitrogens with zero attached hydrogens (tertiary/aromatic N) is 2. The van der Waals surface area contributed by atoms with E-state index in [4.69, 9.17) is 0 Å². The molecule has 0 fully saturated rings. The van der Waals surface area contributed by atoms with Crippen LogP contribution in [0.25, 0.3) is 0 Å². The van der Waals surface area contributed by atoms with E-state index in [-0.39, 0.29) is 5.56 Å². The lowest BCUT2D eigenvalue weighted by molar-refractivity contribution is -0.384. The molecule has 10 heteroatoms. The predicted molar refractivity (Wildman–Crippen MR) is 93.7 cm³/mol. The molecule has 0 radical (unpaired) electrons. The predicted octanol–water partition coefficient (Wildman–Crippen LogP) is 2.21. The third-order valence-electron chi connectivity index (χ3n) is 3.41. The molecule has 0 aliphatic carbocycles. The monoisotopic (exact) mass is 377 g/mol. The lowest BCUT2D eigenvalue weighted by Crippen LogP contribution is -2.24. The number of hydrogen-bond acceptors (Lipinski definition) is 7. The van der Waals surface area contributed by atoms with Gasteiger partial charge in [0.1, 0.15) is 5.69 Å². The molecule has 26 heavy (non-hydrogen) atoms. The summed E-state index contributed by atoms with van der Waals surface area (Å²) in [5.41, 5.74) is -0.897. The van der Waals surface area contributed by atoms with E-state index in [1.165, 1.54) is 26.0 Å². The molecule has 2 rings (SSSR count). The molecule has 136 valence electrons. The van der Waals surface area contributed by atoms with Gasteiger partial charge in [0.05, 0.1) is 10.2 Å². The molecule has 1 aromatic heterocycles. The van der Waals surface area contributed by atoms with Gasteiger partial charge in [0.15, 0.2) is 0 Å². The van der Waals surface area contributed by atoms with Crippen LogP contribution in [0.1, 0.15) is 34.7 Å². The number of aromatic nitrogens is 1. The number of Topliss-reactive ketones (excluding diaryl/α,β-unsaturated/α-hetero) is 2. The first-order chi connectivity index (χ1) is 12.1. The molecular formula is C16H15N3O6S. The van der Waals surface area contributed by atoms with Crippen LogP contribution in [-0.4, -0.2) is 35.1 Å². The number of sulfonamides is 1. The van der Waals surface area contributed by atoms with Crippen molar-refractivity contribution < 1.29 is 22.9 Å². The number of anilines is 1. The fraction of sp³-hybridized carbons (Fsp3) is 0.188. The van der Waals surface area contributed by atoms with Crippen molar-refractivity contribution in [3.05, 3.63) is 63.8 Å². The van der Waals surface area contributed by atoms with Gasteiger partial charge in [-0.15, -0.1) is 0 Å². The third-order valence-corrected chi connectivity index (χ3v) is 5.12. The topological polar surface area (TPSA) is 136 Å². The molecule has 0 aliphatic heterocycles. The highest BCUT2D eigenvalue weighted by Crippen LogP contribution is 2.24. The third kappa shape index (κ3) is 4.09. The van der Waals surface area contributed by atoms with Crippen molar-refractivity contribution in [2.24, 2.45) is 0 Å². The summed E-state index contributed by atoms with van der Waals surface area (Å²) >= 11 is 0. The molecule has 0 spiro atoms. The molecule has 0 unspecified atom stereocenters. The Morgan fingerprint density at radius 1 is 1.08 bits per heavy atom. The number of ketones is 2. The maximum Gasteiger partial charge on any atom is 0.312 e. The molecule has 0 saturated heterocycles. The number of carbonyl (C=O) groups is 2. The normalized spacial score (nSPS) is 11.2. The summed E-state index contributed by atoms with van der Waals surface area (Å²) in [6.45, 7) is 2.75. The van der Waals surface area contributed by atoms with Gasteiger partial charge in [-0.05, 0) is 19.9 Å². The van der Waals surface area contributed by atoms with E-state index >= 15 is 0 Å². The zero-order valence-electron chi connectivity index (χ0n) is 13.9.